The maximum atomic E-state index is 12.9. The maximum Gasteiger partial charge on any atom is 0.490 e. The van der Waals surface area contributed by atoms with Crippen LogP contribution in [-0.4, -0.2) is 56.1 Å². The Hall–Kier alpha value is -2.95. The number of carboxylic acids is 1. The first-order valence-electron chi connectivity index (χ1n) is 10.5. The van der Waals surface area contributed by atoms with Gasteiger partial charge in [0, 0.05) is 25.2 Å². The molecule has 2 aromatic rings. The molecule has 1 fully saturated rings. The van der Waals surface area contributed by atoms with Crippen LogP contribution in [0.1, 0.15) is 53.9 Å². The molecule has 1 atom stereocenters. The third-order valence-corrected chi connectivity index (χ3v) is 5.31. The minimum absolute atomic E-state index is 0.134. The number of likely N-dealkylation sites (tertiary alicyclic amines) is 1. The van der Waals surface area contributed by atoms with E-state index in [9.17, 15) is 18.0 Å². The number of nitrogens with two attached hydrogens (primary N) is 1. The highest BCUT2D eigenvalue weighted by atomic mass is 19.4. The van der Waals surface area contributed by atoms with Gasteiger partial charge in [0.15, 0.2) is 0 Å². The average Bonchev–Trinajstić information content (AvgIpc) is 3.16. The first-order valence-corrected chi connectivity index (χ1v) is 10.5. The van der Waals surface area contributed by atoms with E-state index in [4.69, 9.17) is 15.6 Å². The van der Waals surface area contributed by atoms with Crippen molar-refractivity contribution in [3.05, 3.63) is 46.8 Å². The Kier molecular flexibility index (Phi) is 8.23. The molecule has 0 spiro atoms. The Morgan fingerprint density at radius 3 is 2.39 bits per heavy atom. The van der Waals surface area contributed by atoms with Gasteiger partial charge in [-0.3, -0.25) is 9.48 Å². The van der Waals surface area contributed by atoms with Crippen molar-refractivity contribution in [3.8, 4) is 0 Å². The smallest absolute Gasteiger partial charge is 0.475 e. The summed E-state index contributed by atoms with van der Waals surface area (Å²) in [5, 5.41) is 15.5. The zero-order chi connectivity index (χ0) is 25.0. The standard InChI is InChI=1S/C20H29N5O.C2HF3O2/c1-14-7-8-17(15(2)10-14)19(26)24-9-5-6-16(11-24)12-25-13-18(22-23-25)20(3,4)21;3-2(4,5)1(6)7/h7-8,10,13,16H,5-6,9,11-12,21H2,1-4H3;(H,6,7). The van der Waals surface area contributed by atoms with Gasteiger partial charge in [0.25, 0.3) is 5.91 Å². The van der Waals surface area contributed by atoms with Crippen LogP contribution in [0.5, 0.6) is 0 Å². The largest absolute Gasteiger partial charge is 0.490 e. The van der Waals surface area contributed by atoms with Crippen molar-refractivity contribution in [2.45, 2.75) is 58.8 Å². The van der Waals surface area contributed by atoms with E-state index in [1.165, 1.54) is 5.56 Å². The van der Waals surface area contributed by atoms with E-state index >= 15 is 0 Å². The van der Waals surface area contributed by atoms with Gasteiger partial charge in [-0.2, -0.15) is 13.2 Å². The lowest BCUT2D eigenvalue weighted by Crippen LogP contribution is -2.41. The van der Waals surface area contributed by atoms with Crippen LogP contribution in [0.4, 0.5) is 13.2 Å². The van der Waals surface area contributed by atoms with Gasteiger partial charge in [-0.05, 0) is 58.1 Å². The van der Waals surface area contributed by atoms with Crippen molar-refractivity contribution in [3.63, 3.8) is 0 Å². The van der Waals surface area contributed by atoms with E-state index in [1.807, 2.05) is 55.6 Å². The fraction of sp³-hybridized carbons (Fsp3) is 0.545. The van der Waals surface area contributed by atoms with E-state index in [0.29, 0.717) is 5.92 Å². The van der Waals surface area contributed by atoms with Crippen molar-refractivity contribution in [1.82, 2.24) is 19.9 Å². The van der Waals surface area contributed by atoms with Crippen LogP contribution in [0, 0.1) is 19.8 Å². The Morgan fingerprint density at radius 1 is 1.24 bits per heavy atom. The van der Waals surface area contributed by atoms with Gasteiger partial charge < -0.3 is 15.7 Å². The highest BCUT2D eigenvalue weighted by molar-refractivity contribution is 5.95. The van der Waals surface area contributed by atoms with Crippen LogP contribution in [0.25, 0.3) is 0 Å². The number of piperidine rings is 1. The van der Waals surface area contributed by atoms with Crippen molar-refractivity contribution in [1.29, 1.82) is 0 Å². The SMILES string of the molecule is Cc1ccc(C(=O)N2CCCC(Cn3cc(C(C)(C)N)nn3)C2)c(C)c1.O=C(O)C(F)(F)F. The number of alkyl halides is 3. The van der Waals surface area contributed by atoms with Gasteiger partial charge in [-0.15, -0.1) is 5.10 Å². The van der Waals surface area contributed by atoms with Gasteiger partial charge in [-0.1, -0.05) is 22.9 Å². The highest BCUT2D eigenvalue weighted by Gasteiger charge is 2.38. The predicted octanol–water partition coefficient (Wildman–Crippen LogP) is 3.27. The predicted molar refractivity (Wildman–Crippen MR) is 115 cm³/mol. The van der Waals surface area contributed by atoms with Crippen molar-refractivity contribution in [2.75, 3.05) is 13.1 Å². The Labute approximate surface area is 190 Å². The van der Waals surface area contributed by atoms with Gasteiger partial charge in [0.2, 0.25) is 0 Å². The summed E-state index contributed by atoms with van der Waals surface area (Å²) in [6, 6.07) is 6.02. The molecule has 3 rings (SSSR count). The molecule has 8 nitrogen and oxygen atoms in total. The molecular formula is C22H30F3N5O3. The molecule has 0 bridgehead atoms. The molecule has 2 heterocycles. The monoisotopic (exact) mass is 469 g/mol. The minimum Gasteiger partial charge on any atom is -0.475 e. The fourth-order valence-electron chi connectivity index (χ4n) is 3.57. The first-order chi connectivity index (χ1) is 15.2. The molecule has 1 amide bonds. The molecule has 0 aliphatic carbocycles. The lowest BCUT2D eigenvalue weighted by Gasteiger charge is -2.33. The van der Waals surface area contributed by atoms with Gasteiger partial charge in [0.05, 0.1) is 11.7 Å². The molecule has 11 heteroatoms. The highest BCUT2D eigenvalue weighted by Crippen LogP contribution is 2.22. The van der Waals surface area contributed by atoms with Crippen LogP contribution in [-0.2, 0) is 16.9 Å². The average molecular weight is 470 g/mol. The number of nitrogens with zero attached hydrogens (tertiary/aromatic N) is 4. The van der Waals surface area contributed by atoms with Crippen molar-refractivity contribution >= 4 is 11.9 Å². The summed E-state index contributed by atoms with van der Waals surface area (Å²) >= 11 is 0. The first kappa shape index (κ1) is 26.3. The molecule has 182 valence electrons. The molecule has 1 unspecified atom stereocenters. The maximum absolute atomic E-state index is 12.9. The second kappa shape index (κ2) is 10.3. The quantitative estimate of drug-likeness (QED) is 0.710. The van der Waals surface area contributed by atoms with Crippen LogP contribution >= 0.6 is 0 Å². The molecule has 33 heavy (non-hydrogen) atoms. The molecule has 0 saturated carbocycles. The molecule has 1 aliphatic heterocycles. The summed E-state index contributed by atoms with van der Waals surface area (Å²) in [5.74, 6) is -2.24. The van der Waals surface area contributed by atoms with Crippen LogP contribution < -0.4 is 5.73 Å². The Morgan fingerprint density at radius 2 is 1.88 bits per heavy atom. The molecule has 1 aromatic carbocycles. The van der Waals surface area contributed by atoms with E-state index in [-0.39, 0.29) is 5.91 Å². The van der Waals surface area contributed by atoms with Gasteiger partial charge in [-0.25, -0.2) is 4.79 Å². The molecule has 1 saturated heterocycles. The number of benzene rings is 1. The second-order valence-corrected chi connectivity index (χ2v) is 8.93. The summed E-state index contributed by atoms with van der Waals surface area (Å²) in [6.45, 7) is 10.2. The lowest BCUT2D eigenvalue weighted by molar-refractivity contribution is -0.192. The minimum atomic E-state index is -5.08. The second-order valence-electron chi connectivity index (χ2n) is 8.93. The number of aryl methyl sites for hydroxylation is 2. The van der Waals surface area contributed by atoms with E-state index < -0.39 is 17.7 Å². The number of amides is 1. The molecular weight excluding hydrogens is 439 g/mol. The van der Waals surface area contributed by atoms with Crippen LogP contribution in [0.15, 0.2) is 24.4 Å². The van der Waals surface area contributed by atoms with Gasteiger partial charge >= 0.3 is 12.1 Å². The van der Waals surface area contributed by atoms with E-state index in [2.05, 4.69) is 16.4 Å². The summed E-state index contributed by atoms with van der Waals surface area (Å²) < 4.78 is 33.6. The van der Waals surface area contributed by atoms with E-state index in [1.54, 1.807) is 0 Å². The molecule has 1 aliphatic rings. The third-order valence-electron chi connectivity index (χ3n) is 5.31. The van der Waals surface area contributed by atoms with Gasteiger partial charge in [0.1, 0.15) is 5.69 Å². The zero-order valence-electron chi connectivity index (χ0n) is 19.2. The lowest BCUT2D eigenvalue weighted by atomic mass is 9.96. The fourth-order valence-corrected chi connectivity index (χ4v) is 3.57. The topological polar surface area (TPSA) is 114 Å². The van der Waals surface area contributed by atoms with Crippen LogP contribution in [0.3, 0.4) is 0 Å². The number of carbonyl (C=O) groups excluding carboxylic acids is 1. The molecule has 0 radical (unpaired) electrons. The van der Waals surface area contributed by atoms with Crippen molar-refractivity contribution < 1.29 is 27.9 Å². The normalized spacial score (nSPS) is 16.7. The number of aliphatic carboxylic acids is 1. The van der Waals surface area contributed by atoms with Crippen molar-refractivity contribution in [2.24, 2.45) is 11.7 Å². The Balaban J connectivity index is 0.000000479. The molecule has 3 N–H and O–H groups in total. The Bertz CT molecular complexity index is 982. The number of hydrogen-bond donors (Lipinski definition) is 2. The molecule has 1 aromatic heterocycles. The number of carboxylic acid groups (broad SMARTS) is 1. The van der Waals surface area contributed by atoms with Crippen LogP contribution in [0.2, 0.25) is 0 Å². The summed E-state index contributed by atoms with van der Waals surface area (Å²) in [7, 11) is 0. The number of halogens is 3. The number of carbonyl (C=O) groups is 2. The zero-order valence-corrected chi connectivity index (χ0v) is 19.2. The number of aromatic nitrogens is 3. The summed E-state index contributed by atoms with van der Waals surface area (Å²) in [4.78, 5) is 23.8. The number of rotatable bonds is 4. The number of hydrogen-bond acceptors (Lipinski definition) is 5. The third kappa shape index (κ3) is 7.55. The summed E-state index contributed by atoms with van der Waals surface area (Å²) in [5.41, 5.74) is 9.42. The van der Waals surface area contributed by atoms with E-state index in [0.717, 1.165) is 49.3 Å². The summed E-state index contributed by atoms with van der Waals surface area (Å²) in [6.07, 6.45) is -1.05.